The average molecular weight is 414 g/mol. The van der Waals surface area contributed by atoms with Gasteiger partial charge in [-0.15, -0.1) is 0 Å². The first-order valence-corrected chi connectivity index (χ1v) is 11.9. The number of benzene rings is 1. The molecule has 1 aromatic carbocycles. The largest absolute Gasteiger partial charge is 0.344 e. The lowest BCUT2D eigenvalue weighted by molar-refractivity contribution is -0.139. The van der Waals surface area contributed by atoms with Crippen LogP contribution >= 0.6 is 0 Å². The van der Waals surface area contributed by atoms with Gasteiger partial charge in [0.1, 0.15) is 6.04 Å². The van der Waals surface area contributed by atoms with E-state index < -0.39 is 0 Å². The minimum atomic E-state index is -0.340. The molecule has 5 nitrogen and oxygen atoms in total. The first-order valence-electron chi connectivity index (χ1n) is 11.9. The van der Waals surface area contributed by atoms with E-state index in [2.05, 4.69) is 52.5 Å². The lowest BCUT2D eigenvalue weighted by Gasteiger charge is -2.36. The minimum Gasteiger partial charge on any atom is -0.344 e. The van der Waals surface area contributed by atoms with E-state index in [1.54, 1.807) is 0 Å². The van der Waals surface area contributed by atoms with Crippen LogP contribution in [0.25, 0.3) is 0 Å². The van der Waals surface area contributed by atoms with E-state index >= 15 is 0 Å². The zero-order valence-corrected chi connectivity index (χ0v) is 18.8. The van der Waals surface area contributed by atoms with Crippen LogP contribution in [0.5, 0.6) is 0 Å². The summed E-state index contributed by atoms with van der Waals surface area (Å²) < 4.78 is 0. The van der Waals surface area contributed by atoms with Gasteiger partial charge in [0.15, 0.2) is 0 Å². The molecule has 3 rings (SSSR count). The van der Waals surface area contributed by atoms with Gasteiger partial charge in [0.05, 0.1) is 0 Å². The number of rotatable bonds is 9. The Morgan fingerprint density at radius 1 is 1.10 bits per heavy atom. The second kappa shape index (κ2) is 11.5. The second-order valence-electron chi connectivity index (χ2n) is 9.12. The van der Waals surface area contributed by atoms with Crippen molar-refractivity contribution in [3.8, 4) is 0 Å². The van der Waals surface area contributed by atoms with E-state index in [1.807, 2.05) is 6.92 Å². The number of amides is 2. The first kappa shape index (κ1) is 22.8. The molecule has 0 bridgehead atoms. The molecule has 166 valence electrons. The molecule has 1 N–H and O–H groups in total. The van der Waals surface area contributed by atoms with Crippen molar-refractivity contribution in [3.63, 3.8) is 0 Å². The molecule has 1 aliphatic carbocycles. The lowest BCUT2D eigenvalue weighted by Crippen LogP contribution is -2.55. The molecule has 2 amide bonds. The van der Waals surface area contributed by atoms with Gasteiger partial charge in [-0.05, 0) is 50.6 Å². The molecule has 0 radical (unpaired) electrons. The molecule has 1 aromatic rings. The Balaban J connectivity index is 1.59. The summed E-state index contributed by atoms with van der Waals surface area (Å²) in [5, 5.41) is 3.09. The molecule has 2 atom stereocenters. The van der Waals surface area contributed by atoms with Crippen LogP contribution in [0.3, 0.4) is 0 Å². The fraction of sp³-hybridized carbons (Fsp3) is 0.680. The summed E-state index contributed by atoms with van der Waals surface area (Å²) in [5.41, 5.74) is 1.35. The van der Waals surface area contributed by atoms with Gasteiger partial charge in [0.2, 0.25) is 11.8 Å². The van der Waals surface area contributed by atoms with Gasteiger partial charge in [0, 0.05) is 32.1 Å². The molecule has 0 spiro atoms. The highest BCUT2D eigenvalue weighted by molar-refractivity contribution is 5.88. The molecule has 1 saturated heterocycles. The third-order valence-electron chi connectivity index (χ3n) is 6.83. The van der Waals surface area contributed by atoms with Crippen molar-refractivity contribution in [1.29, 1.82) is 0 Å². The van der Waals surface area contributed by atoms with Gasteiger partial charge >= 0.3 is 0 Å². The van der Waals surface area contributed by atoms with Crippen molar-refractivity contribution < 1.29 is 9.59 Å². The number of nitrogens with zero attached hydrogens (tertiary/aromatic N) is 2. The van der Waals surface area contributed by atoms with Crippen LogP contribution < -0.4 is 5.32 Å². The highest BCUT2D eigenvalue weighted by Crippen LogP contribution is 2.29. The van der Waals surface area contributed by atoms with Crippen LogP contribution in [0.2, 0.25) is 0 Å². The Kier molecular flexibility index (Phi) is 8.74. The second-order valence-corrected chi connectivity index (χ2v) is 9.12. The third kappa shape index (κ3) is 6.31. The van der Waals surface area contributed by atoms with Crippen molar-refractivity contribution in [2.45, 2.75) is 76.8 Å². The van der Waals surface area contributed by atoms with E-state index in [0.717, 1.165) is 51.7 Å². The molecule has 2 aliphatic rings. The van der Waals surface area contributed by atoms with Crippen molar-refractivity contribution >= 4 is 11.8 Å². The average Bonchev–Trinajstić information content (AvgIpc) is 3.24. The fourth-order valence-electron chi connectivity index (χ4n) is 5.03. The molecule has 2 fully saturated rings. The van der Waals surface area contributed by atoms with Crippen LogP contribution in [-0.2, 0) is 16.0 Å². The topological polar surface area (TPSA) is 52.7 Å². The summed E-state index contributed by atoms with van der Waals surface area (Å²) in [6.45, 7) is 4.57. The van der Waals surface area contributed by atoms with Crippen LogP contribution in [0.15, 0.2) is 30.3 Å². The number of carbonyl (C=O) groups excluding carboxylic acids is 2. The normalized spacial score (nSPS) is 21.0. The van der Waals surface area contributed by atoms with E-state index in [-0.39, 0.29) is 23.9 Å². The maximum Gasteiger partial charge on any atom is 0.245 e. The molecule has 0 aromatic heterocycles. The third-order valence-corrected chi connectivity index (χ3v) is 6.83. The Morgan fingerprint density at radius 2 is 1.83 bits per heavy atom. The molecular weight excluding hydrogens is 374 g/mol. The maximum absolute atomic E-state index is 13.6. The van der Waals surface area contributed by atoms with Crippen molar-refractivity contribution in [2.75, 3.05) is 26.7 Å². The predicted octanol–water partition coefficient (Wildman–Crippen LogP) is 3.63. The van der Waals surface area contributed by atoms with Crippen LogP contribution in [-0.4, -0.2) is 60.4 Å². The summed E-state index contributed by atoms with van der Waals surface area (Å²) >= 11 is 0. The van der Waals surface area contributed by atoms with E-state index in [1.165, 1.54) is 24.8 Å². The highest BCUT2D eigenvalue weighted by Gasteiger charge is 2.38. The Bertz CT molecular complexity index is 672. The summed E-state index contributed by atoms with van der Waals surface area (Å²) in [7, 11) is 2.15. The van der Waals surface area contributed by atoms with Crippen LogP contribution in [0.4, 0.5) is 0 Å². The summed E-state index contributed by atoms with van der Waals surface area (Å²) in [4.78, 5) is 30.2. The molecule has 5 heteroatoms. The zero-order valence-electron chi connectivity index (χ0n) is 18.8. The molecule has 1 saturated carbocycles. The maximum atomic E-state index is 13.6. The molecular formula is C25H39N3O2. The van der Waals surface area contributed by atoms with Crippen LogP contribution in [0, 0.1) is 5.92 Å². The number of nitrogens with one attached hydrogen (secondary N) is 1. The number of hydrogen-bond donors (Lipinski definition) is 1. The molecule has 2 unspecified atom stereocenters. The SMILES string of the molecule is CCC(=O)NC(C(=O)N1CCCC1CN(C)CCc1ccccc1)C1CCCCC1. The van der Waals surface area contributed by atoms with E-state index in [9.17, 15) is 9.59 Å². The molecule has 30 heavy (non-hydrogen) atoms. The smallest absolute Gasteiger partial charge is 0.245 e. The van der Waals surface area contributed by atoms with Crippen molar-refractivity contribution in [3.05, 3.63) is 35.9 Å². The standard InChI is InChI=1S/C25H39N3O2/c1-3-23(29)26-24(21-13-8-5-9-14-21)25(30)28-17-10-15-22(28)19-27(2)18-16-20-11-6-4-7-12-20/h4,6-7,11-12,21-22,24H,3,5,8-10,13-19H2,1-2H3,(H,26,29). The zero-order chi connectivity index (χ0) is 21.3. The van der Waals surface area contributed by atoms with Gasteiger partial charge in [-0.3, -0.25) is 9.59 Å². The van der Waals surface area contributed by atoms with E-state index in [0.29, 0.717) is 12.3 Å². The van der Waals surface area contributed by atoms with Crippen LogP contribution in [0.1, 0.15) is 63.9 Å². The van der Waals surface area contributed by atoms with Gasteiger partial charge in [-0.1, -0.05) is 56.5 Å². The predicted molar refractivity (Wildman–Crippen MR) is 121 cm³/mol. The van der Waals surface area contributed by atoms with Crippen molar-refractivity contribution in [2.24, 2.45) is 5.92 Å². The minimum absolute atomic E-state index is 0.00495. The Morgan fingerprint density at radius 3 is 2.53 bits per heavy atom. The van der Waals surface area contributed by atoms with Gasteiger partial charge in [-0.2, -0.15) is 0 Å². The quantitative estimate of drug-likeness (QED) is 0.673. The number of likely N-dealkylation sites (tertiary alicyclic amines) is 1. The molecule has 1 heterocycles. The lowest BCUT2D eigenvalue weighted by atomic mass is 9.83. The number of hydrogen-bond acceptors (Lipinski definition) is 3. The van der Waals surface area contributed by atoms with Gasteiger partial charge in [0.25, 0.3) is 0 Å². The molecule has 1 aliphatic heterocycles. The Labute approximate surface area is 182 Å². The fourth-order valence-corrected chi connectivity index (χ4v) is 5.03. The number of carbonyl (C=O) groups is 2. The first-order chi connectivity index (χ1) is 14.6. The Hall–Kier alpha value is -1.88. The highest BCUT2D eigenvalue weighted by atomic mass is 16.2. The summed E-state index contributed by atoms with van der Waals surface area (Å²) in [6.07, 6.45) is 9.26. The van der Waals surface area contributed by atoms with Gasteiger partial charge in [-0.25, -0.2) is 0 Å². The summed E-state index contributed by atoms with van der Waals surface area (Å²) in [6, 6.07) is 10.5. The number of likely N-dealkylation sites (N-methyl/N-ethyl adjacent to an activating group) is 1. The summed E-state index contributed by atoms with van der Waals surface area (Å²) in [5.74, 6) is 0.441. The monoisotopic (exact) mass is 413 g/mol. The van der Waals surface area contributed by atoms with Gasteiger partial charge < -0.3 is 15.1 Å². The van der Waals surface area contributed by atoms with Crippen molar-refractivity contribution in [1.82, 2.24) is 15.1 Å². The van der Waals surface area contributed by atoms with E-state index in [4.69, 9.17) is 0 Å².